The number of nitrogens with zero attached hydrogens (tertiary/aromatic N) is 2. The number of carbonyl (C=O) groups excluding carboxylic acids is 1. The van der Waals surface area contributed by atoms with Crippen molar-refractivity contribution in [2.75, 3.05) is 5.32 Å². The predicted octanol–water partition coefficient (Wildman–Crippen LogP) is 3.88. The summed E-state index contributed by atoms with van der Waals surface area (Å²) in [5.41, 5.74) is 1.35. The molecule has 0 amide bonds. The van der Waals surface area contributed by atoms with Crippen molar-refractivity contribution in [2.24, 2.45) is 0 Å². The van der Waals surface area contributed by atoms with E-state index >= 15 is 0 Å². The second-order valence-corrected chi connectivity index (χ2v) is 5.24. The number of hydrogen-bond acceptors (Lipinski definition) is 4. The van der Waals surface area contributed by atoms with Crippen LogP contribution in [0.3, 0.4) is 0 Å². The van der Waals surface area contributed by atoms with Gasteiger partial charge in [-0.1, -0.05) is 39.7 Å². The molecule has 1 N–H and O–H groups in total. The first-order chi connectivity index (χ1) is 9.11. The van der Waals surface area contributed by atoms with E-state index in [9.17, 15) is 4.79 Å². The summed E-state index contributed by atoms with van der Waals surface area (Å²) in [6.07, 6.45) is 1.98. The summed E-state index contributed by atoms with van der Waals surface area (Å²) < 4.78 is 1.02. The van der Waals surface area contributed by atoms with Gasteiger partial charge in [0.25, 0.3) is 0 Å². The van der Waals surface area contributed by atoms with Crippen LogP contribution in [-0.4, -0.2) is 16.3 Å². The molecule has 2 rings (SSSR count). The summed E-state index contributed by atoms with van der Waals surface area (Å²) >= 11 is 9.24. The Labute approximate surface area is 124 Å². The molecule has 98 valence electrons. The lowest BCUT2D eigenvalue weighted by Gasteiger charge is -2.16. The monoisotopic (exact) mass is 339 g/mol. The fourth-order valence-electron chi connectivity index (χ4n) is 1.63. The van der Waals surface area contributed by atoms with Gasteiger partial charge in [0, 0.05) is 10.5 Å². The first-order valence-corrected chi connectivity index (χ1v) is 6.76. The standard InChI is InChI=1S/C13H11BrClN3O/c1-8(9-2-4-10(14)5-3-9)18-13-11(6-19)12(15)16-7-17-13/h2-8H,1H3,(H,16,17,18). The van der Waals surface area contributed by atoms with E-state index in [0.29, 0.717) is 12.1 Å². The van der Waals surface area contributed by atoms with Crippen molar-refractivity contribution in [2.45, 2.75) is 13.0 Å². The number of carbonyl (C=O) groups is 1. The highest BCUT2D eigenvalue weighted by Gasteiger charge is 2.12. The molecule has 0 spiro atoms. The number of halogens is 2. The normalized spacial score (nSPS) is 11.9. The van der Waals surface area contributed by atoms with E-state index < -0.39 is 0 Å². The van der Waals surface area contributed by atoms with Crippen LogP contribution >= 0.6 is 27.5 Å². The SMILES string of the molecule is CC(Nc1ncnc(Cl)c1C=O)c1ccc(Br)cc1. The summed E-state index contributed by atoms with van der Waals surface area (Å²) in [5.74, 6) is 0.436. The summed E-state index contributed by atoms with van der Waals surface area (Å²) in [7, 11) is 0. The van der Waals surface area contributed by atoms with Crippen molar-refractivity contribution in [1.82, 2.24) is 9.97 Å². The van der Waals surface area contributed by atoms with Gasteiger partial charge in [0.2, 0.25) is 0 Å². The molecule has 4 nitrogen and oxygen atoms in total. The zero-order valence-electron chi connectivity index (χ0n) is 10.1. The Balaban J connectivity index is 2.23. The van der Waals surface area contributed by atoms with E-state index in [0.717, 1.165) is 10.0 Å². The highest BCUT2D eigenvalue weighted by Crippen LogP contribution is 2.23. The Bertz CT molecular complexity index is 589. The maximum absolute atomic E-state index is 11.0. The van der Waals surface area contributed by atoms with Crippen LogP contribution in [0.5, 0.6) is 0 Å². The Morgan fingerprint density at radius 2 is 2.00 bits per heavy atom. The summed E-state index contributed by atoms with van der Waals surface area (Å²) in [6.45, 7) is 1.98. The minimum Gasteiger partial charge on any atom is -0.363 e. The van der Waals surface area contributed by atoms with Crippen LogP contribution in [0.1, 0.15) is 28.9 Å². The highest BCUT2D eigenvalue weighted by molar-refractivity contribution is 9.10. The number of benzene rings is 1. The Kier molecular flexibility index (Phi) is 4.50. The number of anilines is 1. The lowest BCUT2D eigenvalue weighted by Crippen LogP contribution is -2.10. The van der Waals surface area contributed by atoms with Crippen LogP contribution in [-0.2, 0) is 0 Å². The van der Waals surface area contributed by atoms with Crippen molar-refractivity contribution in [1.29, 1.82) is 0 Å². The van der Waals surface area contributed by atoms with E-state index in [1.165, 1.54) is 6.33 Å². The summed E-state index contributed by atoms with van der Waals surface area (Å²) in [6, 6.07) is 7.90. The molecule has 0 aliphatic carbocycles. The van der Waals surface area contributed by atoms with Crippen LogP contribution in [0, 0.1) is 0 Å². The van der Waals surface area contributed by atoms with Gasteiger partial charge in [-0.05, 0) is 24.6 Å². The second-order valence-electron chi connectivity index (χ2n) is 3.96. The Morgan fingerprint density at radius 3 is 2.63 bits per heavy atom. The fraction of sp³-hybridized carbons (Fsp3) is 0.154. The van der Waals surface area contributed by atoms with Crippen LogP contribution in [0.25, 0.3) is 0 Å². The Hall–Kier alpha value is -1.46. The smallest absolute Gasteiger partial charge is 0.156 e. The summed E-state index contributed by atoms with van der Waals surface area (Å²) in [4.78, 5) is 18.8. The second kappa shape index (κ2) is 6.12. The minimum atomic E-state index is -0.00207. The van der Waals surface area contributed by atoms with Crippen molar-refractivity contribution < 1.29 is 4.79 Å². The van der Waals surface area contributed by atoms with Gasteiger partial charge in [0.05, 0.1) is 5.56 Å². The topological polar surface area (TPSA) is 54.9 Å². The molecule has 0 saturated heterocycles. The highest BCUT2D eigenvalue weighted by atomic mass is 79.9. The van der Waals surface area contributed by atoms with Crippen LogP contribution < -0.4 is 5.32 Å². The van der Waals surface area contributed by atoms with E-state index in [1.807, 2.05) is 31.2 Å². The third-order valence-corrected chi connectivity index (χ3v) is 3.51. The molecule has 6 heteroatoms. The average molecular weight is 341 g/mol. The molecule has 1 aromatic heterocycles. The number of nitrogens with one attached hydrogen (secondary N) is 1. The quantitative estimate of drug-likeness (QED) is 0.678. The first kappa shape index (κ1) is 14.0. The molecule has 1 unspecified atom stereocenters. The zero-order valence-corrected chi connectivity index (χ0v) is 12.4. The molecule has 1 aromatic carbocycles. The van der Waals surface area contributed by atoms with E-state index in [2.05, 4.69) is 31.2 Å². The van der Waals surface area contributed by atoms with Crippen molar-refractivity contribution in [3.05, 3.63) is 51.3 Å². The number of aromatic nitrogens is 2. The molecule has 1 heterocycles. The lowest BCUT2D eigenvalue weighted by molar-refractivity contribution is 0.112. The number of aldehydes is 1. The van der Waals surface area contributed by atoms with Crippen LogP contribution in [0.2, 0.25) is 5.15 Å². The molecule has 1 atom stereocenters. The third kappa shape index (κ3) is 3.30. The molecule has 0 radical (unpaired) electrons. The van der Waals surface area contributed by atoms with Gasteiger partial charge >= 0.3 is 0 Å². The maximum atomic E-state index is 11.0. The molecule has 0 saturated carbocycles. The molecule has 0 fully saturated rings. The van der Waals surface area contributed by atoms with E-state index in [1.54, 1.807) is 0 Å². The van der Waals surface area contributed by atoms with Crippen LogP contribution in [0.15, 0.2) is 35.1 Å². The lowest BCUT2D eigenvalue weighted by atomic mass is 10.1. The number of rotatable bonds is 4. The van der Waals surface area contributed by atoms with Crippen molar-refractivity contribution >= 4 is 39.6 Å². The molecule has 0 aliphatic rings. The van der Waals surface area contributed by atoms with Crippen molar-refractivity contribution in [3.8, 4) is 0 Å². The molecular weight excluding hydrogens is 330 g/mol. The largest absolute Gasteiger partial charge is 0.363 e. The van der Waals surface area contributed by atoms with Gasteiger partial charge in [0.15, 0.2) is 6.29 Å². The van der Waals surface area contributed by atoms with Gasteiger partial charge in [0.1, 0.15) is 17.3 Å². The summed E-state index contributed by atoms with van der Waals surface area (Å²) in [5, 5.41) is 3.30. The average Bonchev–Trinajstić information content (AvgIpc) is 2.39. The van der Waals surface area contributed by atoms with Gasteiger partial charge in [-0.2, -0.15) is 0 Å². The van der Waals surface area contributed by atoms with E-state index in [-0.39, 0.29) is 16.8 Å². The molecule has 19 heavy (non-hydrogen) atoms. The van der Waals surface area contributed by atoms with Gasteiger partial charge in [-0.15, -0.1) is 0 Å². The Morgan fingerprint density at radius 1 is 1.32 bits per heavy atom. The molecular formula is C13H11BrClN3O. The maximum Gasteiger partial charge on any atom is 0.156 e. The predicted molar refractivity (Wildman–Crippen MR) is 78.6 cm³/mol. The first-order valence-electron chi connectivity index (χ1n) is 5.59. The molecule has 0 aliphatic heterocycles. The number of hydrogen-bond donors (Lipinski definition) is 1. The minimum absolute atomic E-state index is 0.00207. The molecule has 2 aromatic rings. The van der Waals surface area contributed by atoms with Gasteiger partial charge in [-0.3, -0.25) is 4.79 Å². The third-order valence-electron chi connectivity index (χ3n) is 2.68. The van der Waals surface area contributed by atoms with Gasteiger partial charge in [-0.25, -0.2) is 9.97 Å². The molecule has 0 bridgehead atoms. The van der Waals surface area contributed by atoms with E-state index in [4.69, 9.17) is 11.6 Å². The van der Waals surface area contributed by atoms with Crippen LogP contribution in [0.4, 0.5) is 5.82 Å². The fourth-order valence-corrected chi connectivity index (χ4v) is 2.08. The van der Waals surface area contributed by atoms with Gasteiger partial charge < -0.3 is 5.32 Å². The zero-order chi connectivity index (χ0) is 13.8. The van der Waals surface area contributed by atoms with Crippen molar-refractivity contribution in [3.63, 3.8) is 0 Å².